The van der Waals surface area contributed by atoms with Gasteiger partial charge in [-0.15, -0.1) is 12.4 Å². The van der Waals surface area contributed by atoms with Gasteiger partial charge in [0.1, 0.15) is 12.4 Å². The third-order valence-corrected chi connectivity index (χ3v) is 3.85. The quantitative estimate of drug-likeness (QED) is 0.788. The lowest BCUT2D eigenvalue weighted by atomic mass is 9.92. The van der Waals surface area contributed by atoms with Gasteiger partial charge in [-0.25, -0.2) is 0 Å². The molecule has 0 aromatic heterocycles. The van der Waals surface area contributed by atoms with Crippen LogP contribution in [0.2, 0.25) is 0 Å². The summed E-state index contributed by atoms with van der Waals surface area (Å²) in [6, 6.07) is 5.35. The van der Waals surface area contributed by atoms with Crippen LogP contribution in [0.3, 0.4) is 0 Å². The molecule has 1 aromatic carbocycles. The zero-order valence-corrected chi connectivity index (χ0v) is 14.2. The Balaban J connectivity index is 0.00000288. The van der Waals surface area contributed by atoms with Crippen molar-refractivity contribution in [1.29, 1.82) is 0 Å². The molecule has 0 radical (unpaired) electrons. The summed E-state index contributed by atoms with van der Waals surface area (Å²) in [4.78, 5) is 12.0. The van der Waals surface area contributed by atoms with E-state index >= 15 is 0 Å². The fourth-order valence-electron chi connectivity index (χ4n) is 2.68. The van der Waals surface area contributed by atoms with E-state index in [2.05, 4.69) is 10.6 Å². The second-order valence-electron chi connectivity index (χ2n) is 5.71. The number of carbonyl (C=O) groups excluding carboxylic acids is 1. The SMILES string of the molecule is C[C@H]1C[C@@H](C(=O)NCCOc2ccccc2C(F)(F)F)CCN1.Cl. The lowest BCUT2D eigenvalue weighted by Crippen LogP contribution is -2.43. The van der Waals surface area contributed by atoms with E-state index in [4.69, 9.17) is 4.74 Å². The molecule has 1 aromatic rings. The normalized spacial score (nSPS) is 20.8. The number of carbonyl (C=O) groups is 1. The summed E-state index contributed by atoms with van der Waals surface area (Å²) in [6.45, 7) is 3.01. The molecular weight excluding hydrogens is 345 g/mol. The van der Waals surface area contributed by atoms with Crippen molar-refractivity contribution in [2.45, 2.75) is 32.0 Å². The molecule has 0 saturated carbocycles. The topological polar surface area (TPSA) is 50.4 Å². The predicted molar refractivity (Wildman–Crippen MR) is 87.4 cm³/mol. The average molecular weight is 367 g/mol. The summed E-state index contributed by atoms with van der Waals surface area (Å²) < 4.78 is 43.6. The molecule has 1 saturated heterocycles. The van der Waals surface area contributed by atoms with Crippen molar-refractivity contribution < 1.29 is 22.7 Å². The lowest BCUT2D eigenvalue weighted by Gasteiger charge is -2.27. The first-order chi connectivity index (χ1) is 10.9. The van der Waals surface area contributed by atoms with Gasteiger partial charge in [0.2, 0.25) is 5.91 Å². The van der Waals surface area contributed by atoms with E-state index in [1.54, 1.807) is 0 Å². The van der Waals surface area contributed by atoms with Crippen molar-refractivity contribution in [3.63, 3.8) is 0 Å². The zero-order valence-electron chi connectivity index (χ0n) is 13.4. The third-order valence-electron chi connectivity index (χ3n) is 3.85. The number of ether oxygens (including phenoxy) is 1. The van der Waals surface area contributed by atoms with Crippen LogP contribution in [0.15, 0.2) is 24.3 Å². The number of para-hydroxylation sites is 1. The van der Waals surface area contributed by atoms with Crippen LogP contribution in [0, 0.1) is 5.92 Å². The van der Waals surface area contributed by atoms with Crippen molar-refractivity contribution in [2.24, 2.45) is 5.92 Å². The van der Waals surface area contributed by atoms with Crippen LogP contribution in [-0.2, 0) is 11.0 Å². The van der Waals surface area contributed by atoms with Crippen LogP contribution in [0.4, 0.5) is 13.2 Å². The van der Waals surface area contributed by atoms with Gasteiger partial charge in [-0.1, -0.05) is 12.1 Å². The van der Waals surface area contributed by atoms with E-state index < -0.39 is 11.7 Å². The van der Waals surface area contributed by atoms with E-state index in [1.165, 1.54) is 18.2 Å². The van der Waals surface area contributed by atoms with Crippen molar-refractivity contribution in [2.75, 3.05) is 19.7 Å². The largest absolute Gasteiger partial charge is 0.491 e. The van der Waals surface area contributed by atoms with Gasteiger partial charge in [0.15, 0.2) is 0 Å². The maximum absolute atomic E-state index is 12.8. The first-order valence-electron chi connectivity index (χ1n) is 7.68. The predicted octanol–water partition coefficient (Wildman–Crippen LogP) is 3.01. The minimum absolute atomic E-state index is 0. The molecule has 0 spiro atoms. The van der Waals surface area contributed by atoms with E-state index in [9.17, 15) is 18.0 Å². The molecule has 1 aliphatic rings. The summed E-state index contributed by atoms with van der Waals surface area (Å²) in [5.74, 6) is -0.329. The minimum Gasteiger partial charge on any atom is -0.491 e. The monoisotopic (exact) mass is 366 g/mol. The number of nitrogens with one attached hydrogen (secondary N) is 2. The Kier molecular flexibility index (Phi) is 7.83. The molecule has 0 bridgehead atoms. The van der Waals surface area contributed by atoms with Gasteiger partial charge in [-0.05, 0) is 38.4 Å². The highest BCUT2D eigenvalue weighted by Gasteiger charge is 2.34. The van der Waals surface area contributed by atoms with Gasteiger partial charge in [-0.3, -0.25) is 4.79 Å². The molecule has 4 nitrogen and oxygen atoms in total. The zero-order chi connectivity index (χ0) is 16.9. The van der Waals surface area contributed by atoms with Crippen molar-refractivity contribution in [1.82, 2.24) is 10.6 Å². The van der Waals surface area contributed by atoms with Gasteiger partial charge < -0.3 is 15.4 Å². The van der Waals surface area contributed by atoms with Gasteiger partial charge in [0, 0.05) is 12.0 Å². The summed E-state index contributed by atoms with van der Waals surface area (Å²) in [5.41, 5.74) is -0.807. The number of amides is 1. The van der Waals surface area contributed by atoms with Gasteiger partial charge >= 0.3 is 6.18 Å². The first-order valence-corrected chi connectivity index (χ1v) is 7.68. The minimum atomic E-state index is -4.45. The summed E-state index contributed by atoms with van der Waals surface area (Å²) in [5, 5.41) is 5.99. The summed E-state index contributed by atoms with van der Waals surface area (Å²) in [7, 11) is 0. The number of hydrogen-bond donors (Lipinski definition) is 2. The Bertz CT molecular complexity index is 540. The Morgan fingerprint density at radius 2 is 2.08 bits per heavy atom. The highest BCUT2D eigenvalue weighted by atomic mass is 35.5. The molecule has 1 heterocycles. The van der Waals surface area contributed by atoms with E-state index in [0.29, 0.717) is 6.04 Å². The Hall–Kier alpha value is -1.47. The smallest absolute Gasteiger partial charge is 0.419 e. The van der Waals surface area contributed by atoms with Crippen LogP contribution in [0.5, 0.6) is 5.75 Å². The van der Waals surface area contributed by atoms with Crippen LogP contribution in [0.25, 0.3) is 0 Å². The lowest BCUT2D eigenvalue weighted by molar-refractivity contribution is -0.139. The van der Waals surface area contributed by atoms with Gasteiger partial charge in [0.25, 0.3) is 0 Å². The van der Waals surface area contributed by atoms with Crippen molar-refractivity contribution in [3.05, 3.63) is 29.8 Å². The van der Waals surface area contributed by atoms with Gasteiger partial charge in [0.05, 0.1) is 12.1 Å². The summed E-state index contributed by atoms with van der Waals surface area (Å²) in [6.07, 6.45) is -2.91. The molecule has 136 valence electrons. The standard InChI is InChI=1S/C16H21F3N2O2.ClH/c1-11-10-12(6-7-20-11)15(22)21-8-9-23-14-5-3-2-4-13(14)16(17,18)19;/h2-5,11-12,20H,6-10H2,1H3,(H,21,22);1H/t11-,12-;/m0./s1. The van der Waals surface area contributed by atoms with Gasteiger partial charge in [-0.2, -0.15) is 13.2 Å². The van der Waals surface area contributed by atoms with Crippen LogP contribution in [-0.4, -0.2) is 31.6 Å². The maximum Gasteiger partial charge on any atom is 0.419 e. The molecule has 8 heteroatoms. The Labute approximate surface area is 145 Å². The number of hydrogen-bond acceptors (Lipinski definition) is 3. The molecule has 0 unspecified atom stereocenters. The molecule has 24 heavy (non-hydrogen) atoms. The van der Waals surface area contributed by atoms with Crippen molar-refractivity contribution >= 4 is 18.3 Å². The van der Waals surface area contributed by atoms with Crippen molar-refractivity contribution in [3.8, 4) is 5.75 Å². The Morgan fingerprint density at radius 1 is 1.38 bits per heavy atom. The second-order valence-corrected chi connectivity index (χ2v) is 5.71. The number of alkyl halides is 3. The Morgan fingerprint density at radius 3 is 2.75 bits per heavy atom. The average Bonchev–Trinajstić information content (AvgIpc) is 2.51. The highest BCUT2D eigenvalue weighted by molar-refractivity contribution is 5.85. The number of piperidine rings is 1. The molecule has 1 amide bonds. The molecule has 1 fully saturated rings. The van der Waals surface area contributed by atoms with Crippen LogP contribution >= 0.6 is 12.4 Å². The maximum atomic E-state index is 12.8. The van der Waals surface area contributed by atoms with Crippen LogP contribution < -0.4 is 15.4 Å². The summed E-state index contributed by atoms with van der Waals surface area (Å²) >= 11 is 0. The molecule has 2 rings (SSSR count). The van der Waals surface area contributed by atoms with E-state index in [1.807, 2.05) is 6.92 Å². The fraction of sp³-hybridized carbons (Fsp3) is 0.562. The number of halogens is 4. The molecule has 2 atom stereocenters. The van der Waals surface area contributed by atoms with Crippen LogP contribution in [0.1, 0.15) is 25.3 Å². The van der Waals surface area contributed by atoms with E-state index in [-0.39, 0.29) is 43.1 Å². The number of rotatable bonds is 5. The molecule has 1 aliphatic heterocycles. The molecule has 2 N–H and O–H groups in total. The van der Waals surface area contributed by atoms with E-state index in [0.717, 1.165) is 25.5 Å². The second kappa shape index (κ2) is 9.13. The highest BCUT2D eigenvalue weighted by Crippen LogP contribution is 2.35. The number of benzene rings is 1. The molecular formula is C16H22ClF3N2O2. The first kappa shape index (κ1) is 20.6. The fourth-order valence-corrected chi connectivity index (χ4v) is 2.68. The third kappa shape index (κ3) is 5.87. The molecule has 0 aliphatic carbocycles.